The molecule has 0 bridgehead atoms. The van der Waals surface area contributed by atoms with Crippen LogP contribution >= 0.6 is 11.6 Å². The van der Waals surface area contributed by atoms with E-state index < -0.39 is 0 Å². The predicted octanol–water partition coefficient (Wildman–Crippen LogP) is 2.24. The molecule has 0 spiro atoms. The molecule has 0 saturated carbocycles. The molecule has 0 fully saturated rings. The van der Waals surface area contributed by atoms with Gasteiger partial charge in [-0.1, -0.05) is 0 Å². The Kier molecular flexibility index (Phi) is 6.75. The standard InChI is InChI=1S/C12H20ClN3O2/c1-4-18-12-7-11(14-9(2)15-12)16-10(8-13)5-6-17-3/h7,10H,4-6,8H2,1-3H3,(H,14,15,16). The molecule has 1 aromatic rings. The van der Waals surface area contributed by atoms with E-state index in [9.17, 15) is 0 Å². The molecule has 0 aromatic carbocycles. The summed E-state index contributed by atoms with van der Waals surface area (Å²) in [5.74, 6) is 2.47. The van der Waals surface area contributed by atoms with Crippen LogP contribution in [0.4, 0.5) is 5.82 Å². The smallest absolute Gasteiger partial charge is 0.218 e. The Balaban J connectivity index is 2.69. The SMILES string of the molecule is CCOc1cc(NC(CCl)CCOC)nc(C)n1. The highest BCUT2D eigenvalue weighted by Crippen LogP contribution is 2.15. The third kappa shape index (κ3) is 5.06. The number of alkyl halides is 1. The Labute approximate surface area is 113 Å². The maximum Gasteiger partial charge on any atom is 0.218 e. The summed E-state index contributed by atoms with van der Waals surface area (Å²) < 4.78 is 10.4. The van der Waals surface area contributed by atoms with Crippen molar-refractivity contribution in [2.45, 2.75) is 26.3 Å². The van der Waals surface area contributed by atoms with Crippen molar-refractivity contribution in [1.29, 1.82) is 0 Å². The maximum atomic E-state index is 5.90. The number of nitrogens with zero attached hydrogens (tertiary/aromatic N) is 2. The fourth-order valence-electron chi connectivity index (χ4n) is 1.49. The van der Waals surface area contributed by atoms with Gasteiger partial charge in [-0.3, -0.25) is 0 Å². The van der Waals surface area contributed by atoms with Gasteiger partial charge in [0.15, 0.2) is 0 Å². The van der Waals surface area contributed by atoms with Gasteiger partial charge in [-0.15, -0.1) is 11.6 Å². The second kappa shape index (κ2) is 8.11. The molecule has 102 valence electrons. The van der Waals surface area contributed by atoms with Gasteiger partial charge < -0.3 is 14.8 Å². The molecule has 0 saturated heterocycles. The average Bonchev–Trinajstić information content (AvgIpc) is 2.34. The van der Waals surface area contributed by atoms with E-state index in [2.05, 4.69) is 15.3 Å². The van der Waals surface area contributed by atoms with Crippen molar-refractivity contribution < 1.29 is 9.47 Å². The molecule has 0 amide bonds. The molecule has 1 N–H and O–H groups in total. The number of anilines is 1. The van der Waals surface area contributed by atoms with Crippen LogP contribution in [0, 0.1) is 6.92 Å². The van der Waals surface area contributed by atoms with Crippen molar-refractivity contribution in [3.63, 3.8) is 0 Å². The zero-order valence-electron chi connectivity index (χ0n) is 11.1. The van der Waals surface area contributed by atoms with Crippen molar-refractivity contribution >= 4 is 17.4 Å². The summed E-state index contributed by atoms with van der Waals surface area (Å²) in [6.45, 7) is 4.99. The lowest BCUT2D eigenvalue weighted by Gasteiger charge is -2.16. The molecule has 1 atom stereocenters. The molecule has 18 heavy (non-hydrogen) atoms. The Bertz CT molecular complexity index is 363. The van der Waals surface area contributed by atoms with Crippen molar-refractivity contribution in [2.75, 3.05) is 31.5 Å². The first-order valence-electron chi connectivity index (χ1n) is 5.99. The van der Waals surface area contributed by atoms with Gasteiger partial charge in [-0.25, -0.2) is 4.98 Å². The van der Waals surface area contributed by atoms with E-state index in [1.54, 1.807) is 13.2 Å². The topological polar surface area (TPSA) is 56.3 Å². The van der Waals surface area contributed by atoms with E-state index in [1.165, 1.54) is 0 Å². The first-order valence-corrected chi connectivity index (χ1v) is 6.53. The second-order valence-corrected chi connectivity index (χ2v) is 4.16. The van der Waals surface area contributed by atoms with Crippen LogP contribution in [0.5, 0.6) is 5.88 Å². The monoisotopic (exact) mass is 273 g/mol. The molecular formula is C12H20ClN3O2. The minimum atomic E-state index is 0.121. The first-order chi connectivity index (χ1) is 8.69. The van der Waals surface area contributed by atoms with E-state index in [1.807, 2.05) is 13.8 Å². The molecule has 5 nitrogen and oxygen atoms in total. The number of halogens is 1. The van der Waals surface area contributed by atoms with Crippen molar-refractivity contribution in [1.82, 2.24) is 9.97 Å². The number of hydrogen-bond donors (Lipinski definition) is 1. The van der Waals surface area contributed by atoms with Crippen LogP contribution in [0.1, 0.15) is 19.2 Å². The molecule has 1 heterocycles. The highest BCUT2D eigenvalue weighted by Gasteiger charge is 2.09. The summed E-state index contributed by atoms with van der Waals surface area (Å²) in [6.07, 6.45) is 0.826. The summed E-state index contributed by atoms with van der Waals surface area (Å²) in [5, 5.41) is 3.26. The number of hydrogen-bond acceptors (Lipinski definition) is 5. The normalized spacial score (nSPS) is 12.2. The van der Waals surface area contributed by atoms with Crippen LogP contribution in [0.15, 0.2) is 6.07 Å². The number of methoxy groups -OCH3 is 1. The molecule has 0 aliphatic rings. The van der Waals surface area contributed by atoms with Crippen LogP contribution < -0.4 is 10.1 Å². The number of ether oxygens (including phenoxy) is 2. The lowest BCUT2D eigenvalue weighted by molar-refractivity contribution is 0.191. The van der Waals surface area contributed by atoms with Gasteiger partial charge in [0, 0.05) is 31.7 Å². The minimum absolute atomic E-state index is 0.121. The Morgan fingerprint density at radius 3 is 2.83 bits per heavy atom. The van der Waals surface area contributed by atoms with Crippen molar-refractivity contribution in [2.24, 2.45) is 0 Å². The van der Waals surface area contributed by atoms with E-state index in [0.29, 0.717) is 30.8 Å². The molecule has 1 rings (SSSR count). The minimum Gasteiger partial charge on any atom is -0.478 e. The van der Waals surface area contributed by atoms with Crippen molar-refractivity contribution in [3.8, 4) is 5.88 Å². The van der Waals surface area contributed by atoms with Crippen LogP contribution in [0.25, 0.3) is 0 Å². The summed E-state index contributed by atoms with van der Waals surface area (Å²) in [5.41, 5.74) is 0. The molecular weight excluding hydrogens is 254 g/mol. The fourth-order valence-corrected chi connectivity index (χ4v) is 1.72. The Hall–Kier alpha value is -1.07. The van der Waals surface area contributed by atoms with Gasteiger partial charge >= 0.3 is 0 Å². The van der Waals surface area contributed by atoms with Gasteiger partial charge in [0.1, 0.15) is 11.6 Å². The molecule has 6 heteroatoms. The molecule has 0 aliphatic heterocycles. The summed E-state index contributed by atoms with van der Waals surface area (Å²) >= 11 is 5.90. The maximum absolute atomic E-state index is 5.90. The van der Waals surface area contributed by atoms with Crippen LogP contribution in [-0.2, 0) is 4.74 Å². The van der Waals surface area contributed by atoms with E-state index in [4.69, 9.17) is 21.1 Å². The second-order valence-electron chi connectivity index (χ2n) is 3.85. The zero-order valence-corrected chi connectivity index (χ0v) is 11.8. The zero-order chi connectivity index (χ0) is 13.4. The van der Waals surface area contributed by atoms with Crippen LogP contribution in [-0.4, -0.2) is 42.2 Å². The van der Waals surface area contributed by atoms with E-state index >= 15 is 0 Å². The van der Waals surface area contributed by atoms with Gasteiger partial charge in [-0.2, -0.15) is 4.98 Å². The van der Waals surface area contributed by atoms with Crippen LogP contribution in [0.3, 0.4) is 0 Å². The van der Waals surface area contributed by atoms with Gasteiger partial charge in [-0.05, 0) is 20.3 Å². The quantitative estimate of drug-likeness (QED) is 0.736. The summed E-state index contributed by atoms with van der Waals surface area (Å²) in [4.78, 5) is 8.50. The number of aryl methyl sites for hydroxylation is 1. The molecule has 0 radical (unpaired) electrons. The first kappa shape index (κ1) is 15.0. The number of rotatable bonds is 8. The largest absolute Gasteiger partial charge is 0.478 e. The van der Waals surface area contributed by atoms with Crippen molar-refractivity contribution in [3.05, 3.63) is 11.9 Å². The molecule has 1 unspecified atom stereocenters. The van der Waals surface area contributed by atoms with Gasteiger partial charge in [0.05, 0.1) is 6.61 Å². The van der Waals surface area contributed by atoms with Crippen LogP contribution in [0.2, 0.25) is 0 Å². The highest BCUT2D eigenvalue weighted by atomic mass is 35.5. The predicted molar refractivity (Wildman–Crippen MR) is 72.6 cm³/mol. The van der Waals surface area contributed by atoms with Gasteiger partial charge in [0.25, 0.3) is 0 Å². The third-order valence-corrected chi connectivity index (χ3v) is 2.69. The average molecular weight is 274 g/mol. The fraction of sp³-hybridized carbons (Fsp3) is 0.667. The number of aromatic nitrogens is 2. The van der Waals surface area contributed by atoms with E-state index in [0.717, 1.165) is 12.2 Å². The Morgan fingerprint density at radius 1 is 1.44 bits per heavy atom. The summed E-state index contributed by atoms with van der Waals surface area (Å²) in [6, 6.07) is 1.90. The lowest BCUT2D eigenvalue weighted by atomic mass is 10.2. The number of nitrogens with one attached hydrogen (secondary N) is 1. The lowest BCUT2D eigenvalue weighted by Crippen LogP contribution is -2.24. The third-order valence-electron chi connectivity index (χ3n) is 2.32. The highest BCUT2D eigenvalue weighted by molar-refractivity contribution is 6.18. The summed E-state index contributed by atoms with van der Waals surface area (Å²) in [7, 11) is 1.67. The van der Waals surface area contributed by atoms with E-state index in [-0.39, 0.29) is 6.04 Å². The van der Waals surface area contributed by atoms with Gasteiger partial charge in [0.2, 0.25) is 5.88 Å². The molecule has 1 aromatic heterocycles. The Morgan fingerprint density at radius 2 is 2.22 bits per heavy atom. The molecule has 0 aliphatic carbocycles.